The van der Waals surface area contributed by atoms with Crippen LogP contribution in [0.3, 0.4) is 0 Å². The average Bonchev–Trinajstić information content (AvgIpc) is 2.92. The third-order valence-electron chi connectivity index (χ3n) is 5.31. The second kappa shape index (κ2) is 9.43. The van der Waals surface area contributed by atoms with E-state index in [1.54, 1.807) is 13.2 Å². The number of benzene rings is 1. The van der Waals surface area contributed by atoms with E-state index in [0.717, 1.165) is 48.1 Å². The van der Waals surface area contributed by atoms with Gasteiger partial charge in [0.25, 0.3) is 0 Å². The van der Waals surface area contributed by atoms with Crippen LogP contribution in [0.4, 0.5) is 0 Å². The Morgan fingerprint density at radius 1 is 1.38 bits per heavy atom. The number of rotatable bonds is 8. The normalized spacial score (nSPS) is 21.1. The first kappa shape index (κ1) is 20.0. The molecule has 4 heteroatoms. The van der Waals surface area contributed by atoms with Gasteiger partial charge in [0.2, 0.25) is 0 Å². The van der Waals surface area contributed by atoms with Crippen molar-refractivity contribution in [2.24, 2.45) is 11.8 Å². The van der Waals surface area contributed by atoms with E-state index < -0.39 is 0 Å². The summed E-state index contributed by atoms with van der Waals surface area (Å²) >= 11 is 0. The topological polar surface area (TPSA) is 59.3 Å². The molecule has 0 bridgehead atoms. The smallest absolute Gasteiger partial charge is 0.331 e. The molecule has 4 nitrogen and oxygen atoms in total. The van der Waals surface area contributed by atoms with E-state index in [-0.39, 0.29) is 17.8 Å². The number of fused-ring (bicyclic) bond motifs is 1. The van der Waals surface area contributed by atoms with E-state index in [1.165, 1.54) is 0 Å². The summed E-state index contributed by atoms with van der Waals surface area (Å²) in [6.45, 7) is 6.75. The average molecular weight is 355 g/mol. The van der Waals surface area contributed by atoms with Gasteiger partial charge in [0, 0.05) is 12.0 Å². The van der Waals surface area contributed by atoms with Crippen molar-refractivity contribution in [3.63, 3.8) is 0 Å². The maximum absolute atomic E-state index is 12.4. The van der Waals surface area contributed by atoms with Crippen molar-refractivity contribution in [2.75, 3.05) is 13.7 Å². The van der Waals surface area contributed by atoms with Gasteiger partial charge in [-0.3, -0.25) is 0 Å². The second-order valence-corrected chi connectivity index (χ2v) is 6.99. The molecule has 26 heavy (non-hydrogen) atoms. The number of methoxy groups -OCH3 is 1. The van der Waals surface area contributed by atoms with Crippen LogP contribution in [0.15, 0.2) is 24.3 Å². The Kier molecular flexibility index (Phi) is 7.26. The zero-order valence-electron chi connectivity index (χ0n) is 16.2. The van der Waals surface area contributed by atoms with Gasteiger partial charge in [0.15, 0.2) is 0 Å². The van der Waals surface area contributed by atoms with Crippen LogP contribution in [-0.4, -0.2) is 19.7 Å². The lowest BCUT2D eigenvalue weighted by atomic mass is 9.93. The van der Waals surface area contributed by atoms with E-state index in [0.29, 0.717) is 12.5 Å². The Labute approximate surface area is 156 Å². The third kappa shape index (κ3) is 4.46. The van der Waals surface area contributed by atoms with Crippen LogP contribution in [0.2, 0.25) is 0 Å². The van der Waals surface area contributed by atoms with Crippen LogP contribution in [-0.2, 0) is 9.53 Å². The largest absolute Gasteiger partial charge is 0.497 e. The van der Waals surface area contributed by atoms with Crippen molar-refractivity contribution < 1.29 is 14.3 Å². The minimum Gasteiger partial charge on any atom is -0.497 e. The van der Waals surface area contributed by atoms with Gasteiger partial charge in [-0.2, -0.15) is 5.26 Å². The number of hydrogen-bond donors (Lipinski definition) is 0. The highest BCUT2D eigenvalue weighted by molar-refractivity contribution is 5.94. The quantitative estimate of drug-likeness (QED) is 0.481. The zero-order valence-corrected chi connectivity index (χ0v) is 16.2. The number of carbonyl (C=O) groups excluding carboxylic acids is 1. The first-order valence-corrected chi connectivity index (χ1v) is 9.51. The first-order chi connectivity index (χ1) is 12.5. The highest BCUT2D eigenvalue weighted by atomic mass is 16.5. The molecule has 0 amide bonds. The number of nitrogens with zero attached hydrogens (tertiary/aromatic N) is 1. The molecule has 1 aliphatic carbocycles. The van der Waals surface area contributed by atoms with E-state index in [1.807, 2.05) is 25.1 Å². The molecule has 0 fully saturated rings. The van der Waals surface area contributed by atoms with Crippen molar-refractivity contribution >= 4 is 11.5 Å². The second-order valence-electron chi connectivity index (χ2n) is 6.99. The summed E-state index contributed by atoms with van der Waals surface area (Å²) in [6, 6.07) is 8.04. The van der Waals surface area contributed by atoms with E-state index >= 15 is 0 Å². The molecule has 0 heterocycles. The molecule has 0 aromatic heterocycles. The maximum Gasteiger partial charge on any atom is 0.331 e. The summed E-state index contributed by atoms with van der Waals surface area (Å²) in [5, 5.41) is 9.55. The predicted octanol–water partition coefficient (Wildman–Crippen LogP) is 5.10. The van der Waals surface area contributed by atoms with Gasteiger partial charge in [-0.15, -0.1) is 0 Å². The third-order valence-corrected chi connectivity index (χ3v) is 5.31. The molecule has 0 radical (unpaired) electrons. The van der Waals surface area contributed by atoms with Gasteiger partial charge in [-0.1, -0.05) is 46.1 Å². The highest BCUT2D eigenvalue weighted by Crippen LogP contribution is 2.46. The Morgan fingerprint density at radius 2 is 2.15 bits per heavy atom. The van der Waals surface area contributed by atoms with Crippen LogP contribution in [0.1, 0.15) is 63.5 Å². The van der Waals surface area contributed by atoms with Crippen molar-refractivity contribution in [3.8, 4) is 11.8 Å². The predicted molar refractivity (Wildman–Crippen MR) is 103 cm³/mol. The summed E-state index contributed by atoms with van der Waals surface area (Å²) in [4.78, 5) is 12.4. The number of hydrogen-bond acceptors (Lipinski definition) is 4. The molecule has 0 saturated heterocycles. The fourth-order valence-electron chi connectivity index (χ4n) is 3.54. The fraction of sp³-hybridized carbons (Fsp3) is 0.545. The van der Waals surface area contributed by atoms with Crippen molar-refractivity contribution in [1.29, 1.82) is 5.26 Å². The van der Waals surface area contributed by atoms with E-state index in [2.05, 4.69) is 19.9 Å². The van der Waals surface area contributed by atoms with Gasteiger partial charge in [-0.25, -0.2) is 4.79 Å². The molecule has 1 aliphatic rings. The summed E-state index contributed by atoms with van der Waals surface area (Å²) in [5.74, 6) is 0.509. The number of allylic oxidation sites excluding steroid dienone is 1. The molecule has 0 aliphatic heterocycles. The molecule has 0 N–H and O–H groups in total. The van der Waals surface area contributed by atoms with Crippen LogP contribution < -0.4 is 4.74 Å². The molecule has 1 aromatic carbocycles. The molecular weight excluding hydrogens is 326 g/mol. The monoisotopic (exact) mass is 355 g/mol. The molecule has 3 unspecified atom stereocenters. The Balaban J connectivity index is 2.15. The van der Waals surface area contributed by atoms with E-state index in [4.69, 9.17) is 9.47 Å². The lowest BCUT2D eigenvalue weighted by Gasteiger charge is -2.14. The Morgan fingerprint density at radius 3 is 2.77 bits per heavy atom. The van der Waals surface area contributed by atoms with Crippen LogP contribution in [0.25, 0.3) is 5.57 Å². The number of esters is 1. The fourth-order valence-corrected chi connectivity index (χ4v) is 3.54. The molecule has 0 spiro atoms. The molecule has 140 valence electrons. The summed E-state index contributed by atoms with van der Waals surface area (Å²) in [6.07, 6.45) is 5.99. The zero-order chi connectivity index (χ0) is 19.1. The van der Waals surface area contributed by atoms with Gasteiger partial charge in [0.1, 0.15) is 5.75 Å². The molecule has 1 aromatic rings. The first-order valence-electron chi connectivity index (χ1n) is 9.51. The summed E-state index contributed by atoms with van der Waals surface area (Å²) in [5.41, 5.74) is 2.74. The van der Waals surface area contributed by atoms with Crippen LogP contribution >= 0.6 is 0 Å². The molecule has 0 saturated carbocycles. The summed E-state index contributed by atoms with van der Waals surface area (Å²) < 4.78 is 10.8. The lowest BCUT2D eigenvalue weighted by molar-refractivity contribution is -0.139. The molecule has 3 atom stereocenters. The Bertz CT molecular complexity index is 702. The van der Waals surface area contributed by atoms with Crippen LogP contribution in [0.5, 0.6) is 5.75 Å². The maximum atomic E-state index is 12.4. The molecular formula is C22H29NO3. The minimum absolute atomic E-state index is 0.0447. The minimum atomic E-state index is -0.317. The van der Waals surface area contributed by atoms with Gasteiger partial charge < -0.3 is 9.47 Å². The Hall–Kier alpha value is -2.28. The van der Waals surface area contributed by atoms with Gasteiger partial charge >= 0.3 is 5.97 Å². The van der Waals surface area contributed by atoms with Crippen molar-refractivity contribution in [2.45, 2.75) is 52.4 Å². The van der Waals surface area contributed by atoms with Crippen molar-refractivity contribution in [3.05, 3.63) is 35.4 Å². The van der Waals surface area contributed by atoms with Crippen molar-refractivity contribution in [1.82, 2.24) is 0 Å². The lowest BCUT2D eigenvalue weighted by Crippen LogP contribution is -2.13. The number of nitriles is 1. The SMILES string of the molecule is CCCCC(CC)COC(=O)C=C1c2ccc(OC)cc2C(C#N)C1C. The standard InChI is InChI=1S/C22H29NO3/c1-5-7-8-16(6-2)14-26-22(24)12-19-15(3)21(13-23)20-11-17(25-4)9-10-18(19)20/h9-12,15-16,21H,5-8,14H2,1-4H3. The molecule has 2 rings (SSSR count). The van der Waals surface area contributed by atoms with Gasteiger partial charge in [-0.05, 0) is 41.2 Å². The van der Waals surface area contributed by atoms with E-state index in [9.17, 15) is 10.1 Å². The number of carbonyl (C=O) groups is 1. The number of unbranched alkanes of at least 4 members (excludes halogenated alkanes) is 1. The number of ether oxygens (including phenoxy) is 2. The summed E-state index contributed by atoms with van der Waals surface area (Å²) in [7, 11) is 1.61. The highest BCUT2D eigenvalue weighted by Gasteiger charge is 2.34. The van der Waals surface area contributed by atoms with Crippen LogP contribution in [0, 0.1) is 23.2 Å². The van der Waals surface area contributed by atoms with Gasteiger partial charge in [0.05, 0.1) is 25.7 Å².